The number of ether oxygens (including phenoxy) is 2. The number of Topliss-reactive ketones (excluding diaryl/α,β-unsaturated/α-hetero) is 1. The number of amides is 1. The van der Waals surface area contributed by atoms with Crippen LogP contribution in [0.2, 0.25) is 0 Å². The van der Waals surface area contributed by atoms with Crippen molar-refractivity contribution in [1.82, 2.24) is 4.90 Å². The van der Waals surface area contributed by atoms with Crippen molar-refractivity contribution in [2.24, 2.45) is 0 Å². The molecule has 1 fully saturated rings. The molecular weight excluding hydrogens is 294 g/mol. The maximum atomic E-state index is 12.6. The molecule has 0 bridgehead atoms. The van der Waals surface area contributed by atoms with Gasteiger partial charge in [-0.05, 0) is 45.7 Å². The zero-order chi connectivity index (χ0) is 17.0. The Labute approximate surface area is 137 Å². The SMILES string of the molecule is COc1ccccc1C(=O)CC1CCCN1C(=O)OC(C)(C)C. The van der Waals surface area contributed by atoms with E-state index < -0.39 is 5.60 Å². The van der Waals surface area contributed by atoms with Crippen LogP contribution in [0.3, 0.4) is 0 Å². The fraction of sp³-hybridized carbons (Fsp3) is 0.556. The maximum Gasteiger partial charge on any atom is 0.410 e. The third-order valence-corrected chi connectivity index (χ3v) is 3.83. The van der Waals surface area contributed by atoms with Crippen LogP contribution >= 0.6 is 0 Å². The zero-order valence-electron chi connectivity index (χ0n) is 14.3. The lowest BCUT2D eigenvalue weighted by Gasteiger charge is -2.28. The van der Waals surface area contributed by atoms with Crippen LogP contribution in [0, 0.1) is 0 Å². The van der Waals surface area contributed by atoms with Crippen LogP contribution < -0.4 is 4.74 Å². The molecule has 0 radical (unpaired) electrons. The molecule has 23 heavy (non-hydrogen) atoms. The number of hydrogen-bond acceptors (Lipinski definition) is 4. The number of methoxy groups -OCH3 is 1. The Morgan fingerprint density at radius 3 is 2.61 bits per heavy atom. The van der Waals surface area contributed by atoms with E-state index >= 15 is 0 Å². The summed E-state index contributed by atoms with van der Waals surface area (Å²) in [5, 5.41) is 0. The maximum absolute atomic E-state index is 12.6. The molecule has 0 spiro atoms. The minimum atomic E-state index is -0.531. The summed E-state index contributed by atoms with van der Waals surface area (Å²) in [6.07, 6.45) is 1.66. The Bertz CT molecular complexity index is 577. The Kier molecular flexibility index (Phi) is 5.29. The van der Waals surface area contributed by atoms with Crippen molar-refractivity contribution in [2.45, 2.75) is 51.7 Å². The number of para-hydroxylation sites is 1. The predicted molar refractivity (Wildman–Crippen MR) is 87.9 cm³/mol. The first kappa shape index (κ1) is 17.3. The molecule has 126 valence electrons. The first-order valence-corrected chi connectivity index (χ1v) is 7.97. The molecule has 1 amide bonds. The highest BCUT2D eigenvalue weighted by atomic mass is 16.6. The molecule has 0 aliphatic carbocycles. The van der Waals surface area contributed by atoms with Gasteiger partial charge in [-0.2, -0.15) is 0 Å². The molecule has 1 aliphatic heterocycles. The standard InChI is InChI=1S/C18H25NO4/c1-18(2,3)23-17(21)19-11-7-8-13(19)12-15(20)14-9-5-6-10-16(14)22-4/h5-6,9-10,13H,7-8,11-12H2,1-4H3. The van der Waals surface area contributed by atoms with Crippen molar-refractivity contribution >= 4 is 11.9 Å². The Morgan fingerprint density at radius 1 is 1.26 bits per heavy atom. The van der Waals surface area contributed by atoms with E-state index in [1.807, 2.05) is 32.9 Å². The van der Waals surface area contributed by atoms with Crippen LogP contribution in [-0.2, 0) is 4.74 Å². The van der Waals surface area contributed by atoms with E-state index in [0.29, 0.717) is 24.3 Å². The number of carbonyl (C=O) groups is 2. The molecule has 0 N–H and O–H groups in total. The van der Waals surface area contributed by atoms with Crippen LogP contribution in [0.15, 0.2) is 24.3 Å². The van der Waals surface area contributed by atoms with Gasteiger partial charge in [0.05, 0.1) is 12.7 Å². The predicted octanol–water partition coefficient (Wildman–Crippen LogP) is 3.67. The largest absolute Gasteiger partial charge is 0.496 e. The molecule has 0 aromatic heterocycles. The first-order valence-electron chi connectivity index (χ1n) is 7.97. The number of hydrogen-bond donors (Lipinski definition) is 0. The summed E-state index contributed by atoms with van der Waals surface area (Å²) >= 11 is 0. The molecule has 1 atom stereocenters. The van der Waals surface area contributed by atoms with Gasteiger partial charge in [0.2, 0.25) is 0 Å². The number of likely N-dealkylation sites (tertiary alicyclic amines) is 1. The van der Waals surface area contributed by atoms with Gasteiger partial charge in [0, 0.05) is 19.0 Å². The minimum absolute atomic E-state index is 0.0112. The third kappa shape index (κ3) is 4.47. The summed E-state index contributed by atoms with van der Waals surface area (Å²) in [4.78, 5) is 26.5. The average molecular weight is 319 g/mol. The quantitative estimate of drug-likeness (QED) is 0.795. The van der Waals surface area contributed by atoms with E-state index in [1.165, 1.54) is 0 Å². The Morgan fingerprint density at radius 2 is 1.96 bits per heavy atom. The Hall–Kier alpha value is -2.04. The minimum Gasteiger partial charge on any atom is -0.496 e. The van der Waals surface area contributed by atoms with Crippen molar-refractivity contribution in [3.8, 4) is 5.75 Å². The molecule has 1 aliphatic rings. The molecular formula is C18H25NO4. The number of ketones is 1. The molecule has 1 heterocycles. The highest BCUT2D eigenvalue weighted by molar-refractivity contribution is 5.99. The van der Waals surface area contributed by atoms with Crippen LogP contribution in [0.1, 0.15) is 50.4 Å². The van der Waals surface area contributed by atoms with Crippen LogP contribution in [0.5, 0.6) is 5.75 Å². The smallest absolute Gasteiger partial charge is 0.410 e. The highest BCUT2D eigenvalue weighted by Crippen LogP contribution is 2.26. The molecule has 0 saturated carbocycles. The highest BCUT2D eigenvalue weighted by Gasteiger charge is 2.33. The summed E-state index contributed by atoms with van der Waals surface area (Å²) in [6, 6.07) is 7.07. The van der Waals surface area contributed by atoms with Gasteiger partial charge >= 0.3 is 6.09 Å². The van der Waals surface area contributed by atoms with Gasteiger partial charge in [-0.3, -0.25) is 4.79 Å². The zero-order valence-corrected chi connectivity index (χ0v) is 14.3. The van der Waals surface area contributed by atoms with Crippen LogP contribution in [-0.4, -0.2) is 42.1 Å². The van der Waals surface area contributed by atoms with Gasteiger partial charge in [-0.25, -0.2) is 4.79 Å². The van der Waals surface area contributed by atoms with Crippen molar-refractivity contribution in [3.63, 3.8) is 0 Å². The van der Waals surface area contributed by atoms with E-state index in [0.717, 1.165) is 12.8 Å². The van der Waals surface area contributed by atoms with Crippen molar-refractivity contribution in [1.29, 1.82) is 0 Å². The van der Waals surface area contributed by atoms with Gasteiger partial charge in [0.15, 0.2) is 5.78 Å². The summed E-state index contributed by atoms with van der Waals surface area (Å²) < 4.78 is 10.7. The van der Waals surface area contributed by atoms with E-state index in [9.17, 15) is 9.59 Å². The summed E-state index contributed by atoms with van der Waals surface area (Å²) in [5.41, 5.74) is 0.0303. The second-order valence-electron chi connectivity index (χ2n) is 6.80. The number of rotatable bonds is 4. The van der Waals surface area contributed by atoms with Crippen molar-refractivity contribution in [3.05, 3.63) is 29.8 Å². The summed E-state index contributed by atoms with van der Waals surface area (Å²) in [7, 11) is 1.55. The van der Waals surface area contributed by atoms with Crippen LogP contribution in [0.25, 0.3) is 0 Å². The van der Waals surface area contributed by atoms with Crippen LogP contribution in [0.4, 0.5) is 4.79 Å². The average Bonchev–Trinajstić information content (AvgIpc) is 2.93. The lowest BCUT2D eigenvalue weighted by molar-refractivity contribution is 0.0223. The molecule has 1 aromatic carbocycles. The molecule has 2 rings (SSSR count). The molecule has 1 aromatic rings. The van der Waals surface area contributed by atoms with Gasteiger partial charge in [-0.15, -0.1) is 0 Å². The second kappa shape index (κ2) is 7.02. The first-order chi connectivity index (χ1) is 10.8. The molecule has 1 unspecified atom stereocenters. The van der Waals surface area contributed by atoms with Crippen molar-refractivity contribution in [2.75, 3.05) is 13.7 Å². The van der Waals surface area contributed by atoms with Gasteiger partial charge in [0.25, 0.3) is 0 Å². The van der Waals surface area contributed by atoms with Crippen molar-refractivity contribution < 1.29 is 19.1 Å². The molecule has 5 heteroatoms. The van der Waals surface area contributed by atoms with Gasteiger partial charge in [0.1, 0.15) is 11.4 Å². The van der Waals surface area contributed by atoms with Gasteiger partial charge < -0.3 is 14.4 Å². The fourth-order valence-corrected chi connectivity index (χ4v) is 2.81. The Balaban J connectivity index is 2.06. The molecule has 1 saturated heterocycles. The third-order valence-electron chi connectivity index (χ3n) is 3.83. The summed E-state index contributed by atoms with van der Waals surface area (Å²) in [5.74, 6) is 0.558. The number of carbonyl (C=O) groups excluding carboxylic acids is 2. The van der Waals surface area contributed by atoms with E-state index in [2.05, 4.69) is 0 Å². The normalized spacial score (nSPS) is 17.9. The fourth-order valence-electron chi connectivity index (χ4n) is 2.81. The topological polar surface area (TPSA) is 55.8 Å². The van der Waals surface area contributed by atoms with E-state index in [1.54, 1.807) is 24.1 Å². The lowest BCUT2D eigenvalue weighted by Crippen LogP contribution is -2.40. The van der Waals surface area contributed by atoms with E-state index in [4.69, 9.17) is 9.47 Å². The van der Waals surface area contributed by atoms with Gasteiger partial charge in [-0.1, -0.05) is 12.1 Å². The monoisotopic (exact) mass is 319 g/mol. The number of benzene rings is 1. The second-order valence-corrected chi connectivity index (χ2v) is 6.80. The summed E-state index contributed by atoms with van der Waals surface area (Å²) in [6.45, 7) is 6.17. The molecule has 5 nitrogen and oxygen atoms in total. The lowest BCUT2D eigenvalue weighted by atomic mass is 10.0. The van der Waals surface area contributed by atoms with E-state index in [-0.39, 0.29) is 17.9 Å². The number of nitrogens with zero attached hydrogens (tertiary/aromatic N) is 1.